The van der Waals surface area contributed by atoms with Gasteiger partial charge in [-0.25, -0.2) is 0 Å². The Balaban J connectivity index is 1.88. The Hall–Kier alpha value is -2.54. The summed E-state index contributed by atoms with van der Waals surface area (Å²) < 4.78 is 10.3. The van der Waals surface area contributed by atoms with Crippen LogP contribution in [0.25, 0.3) is 0 Å². The summed E-state index contributed by atoms with van der Waals surface area (Å²) in [5.74, 6) is 0.832. The molecule has 0 aliphatic heterocycles. The smallest absolute Gasteiger partial charge is 0.260 e. The third-order valence-electron chi connectivity index (χ3n) is 3.25. The van der Waals surface area contributed by atoms with Crippen LogP contribution in [-0.2, 0) is 9.59 Å². The van der Waals surface area contributed by atoms with Gasteiger partial charge in [-0.15, -0.1) is 0 Å². The third-order valence-corrected chi connectivity index (χ3v) is 3.50. The number of nitrogens with one attached hydrogen (secondary N) is 1. The minimum atomic E-state index is -0.346. The number of aromatic nitrogens is 1. The fourth-order valence-corrected chi connectivity index (χ4v) is 2.24. The highest BCUT2D eigenvalue weighted by molar-refractivity contribution is 6.30. The number of amides is 2. The number of aryl methyl sites for hydroxylation is 1. The summed E-state index contributed by atoms with van der Waals surface area (Å²) in [5.41, 5.74) is 0. The van der Waals surface area contributed by atoms with Crippen LogP contribution in [0.3, 0.4) is 0 Å². The molecular weight excluding hydrogens is 346 g/mol. The molecule has 25 heavy (non-hydrogen) atoms. The van der Waals surface area contributed by atoms with E-state index in [0.29, 0.717) is 28.9 Å². The van der Waals surface area contributed by atoms with Gasteiger partial charge in [0, 0.05) is 17.6 Å². The first-order valence-corrected chi connectivity index (χ1v) is 8.25. The predicted molar refractivity (Wildman–Crippen MR) is 93.7 cm³/mol. The molecule has 1 aromatic heterocycles. The molecule has 0 saturated carbocycles. The normalized spacial score (nSPS) is 10.4. The molecule has 7 nitrogen and oxygen atoms in total. The van der Waals surface area contributed by atoms with Gasteiger partial charge in [-0.3, -0.25) is 9.59 Å². The second kappa shape index (κ2) is 9.08. The van der Waals surface area contributed by atoms with Gasteiger partial charge in [0.2, 0.25) is 5.91 Å². The Bertz CT molecular complexity index is 715. The fraction of sp³-hybridized carbons (Fsp3) is 0.353. The van der Waals surface area contributed by atoms with Crippen molar-refractivity contribution in [3.05, 3.63) is 41.1 Å². The zero-order valence-corrected chi connectivity index (χ0v) is 14.9. The van der Waals surface area contributed by atoms with E-state index < -0.39 is 0 Å². The Labute approximate surface area is 150 Å². The van der Waals surface area contributed by atoms with Crippen LogP contribution in [0.4, 0.5) is 5.82 Å². The molecule has 0 radical (unpaired) electrons. The number of carbonyl (C=O) groups excluding carboxylic acids is 2. The molecule has 134 valence electrons. The Morgan fingerprint density at radius 3 is 2.64 bits per heavy atom. The van der Waals surface area contributed by atoms with Crippen LogP contribution < -0.4 is 10.1 Å². The van der Waals surface area contributed by atoms with E-state index >= 15 is 0 Å². The lowest BCUT2D eigenvalue weighted by Crippen LogP contribution is -2.41. The molecule has 2 aromatic rings. The molecule has 2 rings (SSSR count). The number of ether oxygens (including phenoxy) is 1. The third kappa shape index (κ3) is 6.11. The molecule has 8 heteroatoms. The van der Waals surface area contributed by atoms with Gasteiger partial charge in [0.15, 0.2) is 12.4 Å². The number of halogens is 1. The summed E-state index contributed by atoms with van der Waals surface area (Å²) in [7, 11) is 0. The van der Waals surface area contributed by atoms with E-state index in [0.717, 1.165) is 6.42 Å². The molecule has 0 saturated heterocycles. The van der Waals surface area contributed by atoms with E-state index in [-0.39, 0.29) is 25.0 Å². The van der Waals surface area contributed by atoms with Gasteiger partial charge < -0.3 is 19.5 Å². The minimum Gasteiger partial charge on any atom is -0.484 e. The highest BCUT2D eigenvalue weighted by Gasteiger charge is 2.18. The lowest BCUT2D eigenvalue weighted by Gasteiger charge is -2.21. The summed E-state index contributed by atoms with van der Waals surface area (Å²) >= 11 is 5.80. The average Bonchev–Trinajstić information content (AvgIpc) is 2.98. The van der Waals surface area contributed by atoms with Crippen LogP contribution in [0.2, 0.25) is 5.02 Å². The standard InChI is InChI=1S/C17H20ClN3O4/c1-3-8-21(10-16(22)19-15-9-12(2)25-20-15)17(23)11-24-14-6-4-13(18)5-7-14/h4-7,9H,3,8,10-11H2,1-2H3,(H,19,20,22). The zero-order valence-electron chi connectivity index (χ0n) is 14.1. The van der Waals surface area contributed by atoms with Crippen LogP contribution in [0.1, 0.15) is 19.1 Å². The van der Waals surface area contributed by atoms with Crippen molar-refractivity contribution in [3.63, 3.8) is 0 Å². The van der Waals surface area contributed by atoms with E-state index in [1.54, 1.807) is 37.3 Å². The van der Waals surface area contributed by atoms with Crippen LogP contribution >= 0.6 is 11.6 Å². The Morgan fingerprint density at radius 2 is 2.04 bits per heavy atom. The van der Waals surface area contributed by atoms with Gasteiger partial charge in [-0.2, -0.15) is 0 Å². The largest absolute Gasteiger partial charge is 0.484 e. The number of carbonyl (C=O) groups is 2. The molecule has 0 aliphatic carbocycles. The number of benzene rings is 1. The summed E-state index contributed by atoms with van der Waals surface area (Å²) in [4.78, 5) is 25.8. The molecule has 1 aromatic carbocycles. The SMILES string of the molecule is CCCN(CC(=O)Nc1cc(C)on1)C(=O)COc1ccc(Cl)cc1. The summed E-state index contributed by atoms with van der Waals surface area (Å²) in [5, 5.41) is 6.87. The van der Waals surface area contributed by atoms with Gasteiger partial charge in [0.05, 0.1) is 0 Å². The summed E-state index contributed by atoms with van der Waals surface area (Å²) in [6, 6.07) is 8.32. The zero-order chi connectivity index (χ0) is 18.2. The van der Waals surface area contributed by atoms with Crippen LogP contribution in [-0.4, -0.2) is 41.6 Å². The van der Waals surface area contributed by atoms with Crippen molar-refractivity contribution in [1.29, 1.82) is 0 Å². The van der Waals surface area contributed by atoms with Crippen molar-refractivity contribution < 1.29 is 18.8 Å². The molecular formula is C17H20ClN3O4. The molecule has 0 bridgehead atoms. The molecule has 0 aliphatic rings. The molecule has 0 unspecified atom stereocenters. The predicted octanol–water partition coefficient (Wildman–Crippen LogP) is 2.89. The average molecular weight is 366 g/mol. The van der Waals surface area contributed by atoms with E-state index in [1.807, 2.05) is 6.92 Å². The molecule has 1 N–H and O–H groups in total. The minimum absolute atomic E-state index is 0.0808. The fourth-order valence-electron chi connectivity index (χ4n) is 2.11. The Morgan fingerprint density at radius 1 is 1.32 bits per heavy atom. The van der Waals surface area contributed by atoms with E-state index in [1.165, 1.54) is 4.90 Å². The molecule has 2 amide bonds. The number of anilines is 1. The molecule has 0 fully saturated rings. The van der Waals surface area contributed by atoms with Crippen molar-refractivity contribution in [3.8, 4) is 5.75 Å². The first kappa shape index (κ1) is 18.8. The van der Waals surface area contributed by atoms with Crippen molar-refractivity contribution in [2.24, 2.45) is 0 Å². The maximum Gasteiger partial charge on any atom is 0.260 e. The van der Waals surface area contributed by atoms with Gasteiger partial charge in [-0.05, 0) is 37.6 Å². The van der Waals surface area contributed by atoms with Crippen LogP contribution in [0, 0.1) is 6.92 Å². The quantitative estimate of drug-likeness (QED) is 0.777. The molecule has 1 heterocycles. The highest BCUT2D eigenvalue weighted by Crippen LogP contribution is 2.15. The number of nitrogens with zero attached hydrogens (tertiary/aromatic N) is 2. The highest BCUT2D eigenvalue weighted by atomic mass is 35.5. The van der Waals surface area contributed by atoms with Gasteiger partial charge in [0.1, 0.15) is 18.1 Å². The second-order valence-electron chi connectivity index (χ2n) is 5.43. The summed E-state index contributed by atoms with van der Waals surface area (Å²) in [6.45, 7) is 3.87. The van der Waals surface area contributed by atoms with E-state index in [4.69, 9.17) is 20.9 Å². The first-order valence-electron chi connectivity index (χ1n) is 7.87. The molecule has 0 atom stereocenters. The number of rotatable bonds is 8. The van der Waals surface area contributed by atoms with Gasteiger partial charge in [0.25, 0.3) is 5.91 Å². The lowest BCUT2D eigenvalue weighted by atomic mass is 10.3. The van der Waals surface area contributed by atoms with Crippen LogP contribution in [0.5, 0.6) is 5.75 Å². The van der Waals surface area contributed by atoms with E-state index in [9.17, 15) is 9.59 Å². The first-order chi connectivity index (χ1) is 12.0. The second-order valence-corrected chi connectivity index (χ2v) is 5.87. The maximum atomic E-state index is 12.3. The monoisotopic (exact) mass is 365 g/mol. The van der Waals surface area contributed by atoms with Gasteiger partial charge in [-0.1, -0.05) is 23.7 Å². The topological polar surface area (TPSA) is 84.7 Å². The number of hydrogen-bond acceptors (Lipinski definition) is 5. The van der Waals surface area contributed by atoms with Crippen molar-refractivity contribution >= 4 is 29.2 Å². The molecule has 0 spiro atoms. The van der Waals surface area contributed by atoms with Crippen molar-refractivity contribution in [2.75, 3.05) is 25.0 Å². The number of hydrogen-bond donors (Lipinski definition) is 1. The van der Waals surface area contributed by atoms with Crippen molar-refractivity contribution in [1.82, 2.24) is 10.1 Å². The summed E-state index contributed by atoms with van der Waals surface area (Å²) in [6.07, 6.45) is 0.725. The lowest BCUT2D eigenvalue weighted by molar-refractivity contribution is -0.136. The van der Waals surface area contributed by atoms with E-state index in [2.05, 4.69) is 10.5 Å². The van der Waals surface area contributed by atoms with Crippen molar-refractivity contribution in [2.45, 2.75) is 20.3 Å². The van der Waals surface area contributed by atoms with Gasteiger partial charge >= 0.3 is 0 Å². The Kier molecular flexibility index (Phi) is 6.82. The maximum absolute atomic E-state index is 12.3. The van der Waals surface area contributed by atoms with Crippen LogP contribution in [0.15, 0.2) is 34.9 Å².